The number of amides is 1. The van der Waals surface area contributed by atoms with Crippen molar-refractivity contribution in [3.05, 3.63) is 28.7 Å². The Morgan fingerprint density at radius 1 is 1.33 bits per heavy atom. The van der Waals surface area contributed by atoms with Gasteiger partial charge in [0.05, 0.1) is 6.54 Å². The van der Waals surface area contributed by atoms with Crippen LogP contribution in [0.3, 0.4) is 0 Å². The smallest absolute Gasteiger partial charge is 0.238 e. The van der Waals surface area contributed by atoms with Crippen LogP contribution < -0.4 is 10.6 Å². The predicted octanol–water partition coefficient (Wildman–Crippen LogP) is 3.12. The van der Waals surface area contributed by atoms with Crippen LogP contribution in [0.4, 0.5) is 5.69 Å². The highest BCUT2D eigenvalue weighted by Crippen LogP contribution is 2.19. The van der Waals surface area contributed by atoms with Crippen LogP contribution in [0.25, 0.3) is 0 Å². The molecule has 1 amide bonds. The van der Waals surface area contributed by atoms with Crippen LogP contribution in [0.15, 0.2) is 28.7 Å². The van der Waals surface area contributed by atoms with Gasteiger partial charge in [-0.15, -0.1) is 0 Å². The maximum absolute atomic E-state index is 11.7. The first-order valence-electron chi connectivity index (χ1n) is 5.74. The number of benzene rings is 1. The summed E-state index contributed by atoms with van der Waals surface area (Å²) >= 11 is 5.14. The average Bonchev–Trinajstić information content (AvgIpc) is 2.32. The summed E-state index contributed by atoms with van der Waals surface area (Å²) in [5.74, 6) is -0.0192. The molecule has 1 aromatic carbocycles. The van der Waals surface area contributed by atoms with Crippen LogP contribution in [0, 0.1) is 0 Å². The lowest BCUT2D eigenvalue weighted by Crippen LogP contribution is -2.37. The molecule has 2 N–H and O–H groups in total. The van der Waals surface area contributed by atoms with Crippen molar-refractivity contribution in [2.45, 2.75) is 18.6 Å². The second-order valence-electron chi connectivity index (χ2n) is 4.62. The van der Waals surface area contributed by atoms with E-state index in [1.54, 1.807) is 11.8 Å². The molecule has 0 heterocycles. The molecule has 3 nitrogen and oxygen atoms in total. The summed E-state index contributed by atoms with van der Waals surface area (Å²) in [6.45, 7) is 5.44. The van der Waals surface area contributed by atoms with E-state index in [2.05, 4.69) is 46.7 Å². The Hall–Kier alpha value is -0.520. The number of rotatable bonds is 6. The van der Waals surface area contributed by atoms with Crippen LogP contribution in [-0.2, 0) is 4.79 Å². The summed E-state index contributed by atoms with van der Waals surface area (Å²) in [6.07, 6.45) is 2.07. The highest BCUT2D eigenvalue weighted by Gasteiger charge is 2.15. The number of carbonyl (C=O) groups is 1. The number of anilines is 1. The molecule has 0 spiro atoms. The molecule has 0 aliphatic carbocycles. The van der Waals surface area contributed by atoms with E-state index in [1.807, 2.05) is 24.3 Å². The van der Waals surface area contributed by atoms with Gasteiger partial charge >= 0.3 is 0 Å². The lowest BCUT2D eigenvalue weighted by atomic mass is 10.2. The average molecular weight is 331 g/mol. The molecule has 0 saturated carbocycles. The minimum atomic E-state index is -0.0192. The molecular weight excluding hydrogens is 312 g/mol. The Kier molecular flexibility index (Phi) is 6.18. The molecule has 0 saturated heterocycles. The summed E-state index contributed by atoms with van der Waals surface area (Å²) in [5.41, 5.74) is 0.814. The SMILES string of the molecule is CSC(C)(C)CNCC(=O)Nc1ccc(Br)cc1. The molecule has 0 unspecified atom stereocenters. The zero-order valence-corrected chi connectivity index (χ0v) is 13.3. The maximum Gasteiger partial charge on any atom is 0.238 e. The summed E-state index contributed by atoms with van der Waals surface area (Å²) in [7, 11) is 0. The molecule has 0 atom stereocenters. The Bertz CT molecular complexity index is 392. The standard InChI is InChI=1S/C13H19BrN2OS/c1-13(2,18-3)9-15-8-12(17)16-11-6-4-10(14)5-7-11/h4-7,15H,8-9H2,1-3H3,(H,16,17). The van der Waals surface area contributed by atoms with E-state index in [4.69, 9.17) is 0 Å². The minimum absolute atomic E-state index is 0.0192. The van der Waals surface area contributed by atoms with Gasteiger partial charge in [0.25, 0.3) is 0 Å². The predicted molar refractivity (Wildman–Crippen MR) is 83.2 cm³/mol. The van der Waals surface area contributed by atoms with E-state index in [9.17, 15) is 4.79 Å². The first-order chi connectivity index (χ1) is 8.43. The van der Waals surface area contributed by atoms with Crippen molar-refractivity contribution < 1.29 is 4.79 Å². The van der Waals surface area contributed by atoms with Gasteiger partial charge in [-0.2, -0.15) is 11.8 Å². The zero-order valence-electron chi connectivity index (χ0n) is 10.9. The lowest BCUT2D eigenvalue weighted by Gasteiger charge is -2.22. The Morgan fingerprint density at radius 2 is 1.94 bits per heavy atom. The third-order valence-electron chi connectivity index (χ3n) is 2.52. The minimum Gasteiger partial charge on any atom is -0.325 e. The van der Waals surface area contributed by atoms with Crippen molar-refractivity contribution in [3.8, 4) is 0 Å². The van der Waals surface area contributed by atoms with Crippen molar-refractivity contribution in [2.75, 3.05) is 24.7 Å². The molecule has 18 heavy (non-hydrogen) atoms. The summed E-state index contributed by atoms with van der Waals surface area (Å²) in [6, 6.07) is 7.54. The first kappa shape index (κ1) is 15.5. The summed E-state index contributed by atoms with van der Waals surface area (Å²) < 4.78 is 1.15. The van der Waals surface area contributed by atoms with Crippen molar-refractivity contribution in [1.82, 2.24) is 5.32 Å². The second-order valence-corrected chi connectivity index (χ2v) is 7.05. The summed E-state index contributed by atoms with van der Waals surface area (Å²) in [5, 5.41) is 6.01. The van der Waals surface area contributed by atoms with E-state index in [0.717, 1.165) is 16.7 Å². The highest BCUT2D eigenvalue weighted by atomic mass is 79.9. The fraction of sp³-hybridized carbons (Fsp3) is 0.462. The number of hydrogen-bond acceptors (Lipinski definition) is 3. The Balaban J connectivity index is 2.32. The lowest BCUT2D eigenvalue weighted by molar-refractivity contribution is -0.115. The van der Waals surface area contributed by atoms with Crippen molar-refractivity contribution in [1.29, 1.82) is 0 Å². The molecule has 1 aromatic rings. The molecule has 0 aromatic heterocycles. The van der Waals surface area contributed by atoms with Gasteiger partial charge in [0.2, 0.25) is 5.91 Å². The molecular formula is C13H19BrN2OS. The second kappa shape index (κ2) is 7.16. The maximum atomic E-state index is 11.7. The normalized spacial score (nSPS) is 11.3. The Labute approximate surface area is 121 Å². The van der Waals surface area contributed by atoms with Crippen LogP contribution in [0.2, 0.25) is 0 Å². The Morgan fingerprint density at radius 3 is 2.50 bits per heavy atom. The van der Waals surface area contributed by atoms with Gasteiger partial charge in [0.1, 0.15) is 0 Å². The van der Waals surface area contributed by atoms with Gasteiger partial charge in [-0.1, -0.05) is 15.9 Å². The highest BCUT2D eigenvalue weighted by molar-refractivity contribution is 9.10. The zero-order chi connectivity index (χ0) is 13.6. The quantitative estimate of drug-likeness (QED) is 0.842. The van der Waals surface area contributed by atoms with Gasteiger partial charge in [-0.3, -0.25) is 4.79 Å². The van der Waals surface area contributed by atoms with Gasteiger partial charge in [0.15, 0.2) is 0 Å². The number of halogens is 1. The van der Waals surface area contributed by atoms with Crippen LogP contribution in [0.5, 0.6) is 0 Å². The fourth-order valence-corrected chi connectivity index (χ4v) is 1.80. The van der Waals surface area contributed by atoms with E-state index in [0.29, 0.717) is 6.54 Å². The third-order valence-corrected chi connectivity index (χ3v) is 4.30. The van der Waals surface area contributed by atoms with Gasteiger partial charge in [0, 0.05) is 21.5 Å². The topological polar surface area (TPSA) is 41.1 Å². The van der Waals surface area contributed by atoms with Crippen molar-refractivity contribution in [3.63, 3.8) is 0 Å². The molecule has 100 valence electrons. The molecule has 1 rings (SSSR count). The molecule has 5 heteroatoms. The molecule has 0 bridgehead atoms. The van der Waals surface area contributed by atoms with E-state index in [-0.39, 0.29) is 10.7 Å². The fourth-order valence-electron chi connectivity index (χ4n) is 1.29. The van der Waals surface area contributed by atoms with Crippen LogP contribution in [-0.4, -0.2) is 30.0 Å². The van der Waals surface area contributed by atoms with E-state index >= 15 is 0 Å². The summed E-state index contributed by atoms with van der Waals surface area (Å²) in [4.78, 5) is 11.7. The molecule has 0 radical (unpaired) electrons. The van der Waals surface area contributed by atoms with Gasteiger partial charge in [-0.25, -0.2) is 0 Å². The monoisotopic (exact) mass is 330 g/mol. The van der Waals surface area contributed by atoms with Crippen LogP contribution >= 0.6 is 27.7 Å². The molecule has 0 aliphatic heterocycles. The number of nitrogens with one attached hydrogen (secondary N) is 2. The number of carbonyl (C=O) groups excluding carboxylic acids is 1. The third kappa shape index (κ3) is 5.89. The van der Waals surface area contributed by atoms with Gasteiger partial charge in [-0.05, 0) is 44.4 Å². The van der Waals surface area contributed by atoms with Crippen LogP contribution in [0.1, 0.15) is 13.8 Å². The molecule has 0 fully saturated rings. The van der Waals surface area contributed by atoms with E-state index < -0.39 is 0 Å². The molecule has 0 aliphatic rings. The largest absolute Gasteiger partial charge is 0.325 e. The number of hydrogen-bond donors (Lipinski definition) is 2. The van der Waals surface area contributed by atoms with Gasteiger partial charge < -0.3 is 10.6 Å². The van der Waals surface area contributed by atoms with Crippen molar-refractivity contribution in [2.24, 2.45) is 0 Å². The van der Waals surface area contributed by atoms with E-state index in [1.165, 1.54) is 0 Å². The first-order valence-corrected chi connectivity index (χ1v) is 7.76. The number of thioether (sulfide) groups is 1. The van der Waals surface area contributed by atoms with Crippen molar-refractivity contribution >= 4 is 39.3 Å².